The maximum absolute atomic E-state index is 11.6. The zero-order chi connectivity index (χ0) is 12.5. The van der Waals surface area contributed by atoms with Crippen molar-refractivity contribution >= 4 is 23.4 Å². The molecule has 90 valence electrons. The molecular formula is C14H10ClNO2. The van der Waals surface area contributed by atoms with E-state index in [0.717, 1.165) is 11.3 Å². The van der Waals surface area contributed by atoms with Crippen molar-refractivity contribution in [3.8, 4) is 0 Å². The molecule has 1 atom stereocenters. The van der Waals surface area contributed by atoms with Gasteiger partial charge in [0.1, 0.15) is 0 Å². The van der Waals surface area contributed by atoms with Gasteiger partial charge in [0.15, 0.2) is 0 Å². The smallest absolute Gasteiger partial charge is 0.419 e. The number of rotatable bonds is 2. The Bertz CT molecular complexity index is 568. The highest BCUT2D eigenvalue weighted by Crippen LogP contribution is 2.37. The molecule has 0 saturated carbocycles. The summed E-state index contributed by atoms with van der Waals surface area (Å²) < 4.78 is 5.18. The Hall–Kier alpha value is -2.00. The molecule has 1 saturated heterocycles. The van der Waals surface area contributed by atoms with Gasteiger partial charge >= 0.3 is 6.09 Å². The van der Waals surface area contributed by atoms with Crippen molar-refractivity contribution in [2.75, 3.05) is 4.90 Å². The fourth-order valence-electron chi connectivity index (χ4n) is 1.93. The van der Waals surface area contributed by atoms with Crippen LogP contribution in [-0.4, -0.2) is 6.09 Å². The molecule has 1 fully saturated rings. The molecule has 1 aliphatic rings. The minimum atomic E-state index is -0.347. The van der Waals surface area contributed by atoms with E-state index in [2.05, 4.69) is 0 Å². The number of amides is 1. The molecule has 0 aromatic heterocycles. The van der Waals surface area contributed by atoms with Crippen LogP contribution in [0.3, 0.4) is 0 Å². The molecule has 2 aromatic rings. The van der Waals surface area contributed by atoms with Crippen molar-refractivity contribution in [3.05, 3.63) is 65.2 Å². The van der Waals surface area contributed by atoms with E-state index in [0.29, 0.717) is 5.02 Å². The van der Waals surface area contributed by atoms with Gasteiger partial charge in [-0.25, -0.2) is 9.69 Å². The Morgan fingerprint density at radius 2 is 1.67 bits per heavy atom. The van der Waals surface area contributed by atoms with Crippen LogP contribution < -0.4 is 4.90 Å². The van der Waals surface area contributed by atoms with E-state index in [1.807, 2.05) is 30.3 Å². The summed E-state index contributed by atoms with van der Waals surface area (Å²) in [6.45, 7) is 0. The molecule has 0 N–H and O–H groups in total. The average molecular weight is 260 g/mol. The lowest BCUT2D eigenvalue weighted by atomic mass is 10.1. The first-order chi connectivity index (χ1) is 8.75. The molecule has 18 heavy (non-hydrogen) atoms. The Balaban J connectivity index is 1.91. The summed E-state index contributed by atoms with van der Waals surface area (Å²) in [4.78, 5) is 13.2. The largest absolute Gasteiger partial charge is 0.420 e. The van der Waals surface area contributed by atoms with E-state index in [-0.39, 0.29) is 12.3 Å². The van der Waals surface area contributed by atoms with Gasteiger partial charge in [0.25, 0.3) is 0 Å². The van der Waals surface area contributed by atoms with Crippen molar-refractivity contribution in [2.24, 2.45) is 0 Å². The lowest BCUT2D eigenvalue weighted by Crippen LogP contribution is -2.48. The lowest BCUT2D eigenvalue weighted by Gasteiger charge is -2.39. The zero-order valence-electron chi connectivity index (χ0n) is 9.42. The van der Waals surface area contributed by atoms with E-state index in [1.54, 1.807) is 29.2 Å². The summed E-state index contributed by atoms with van der Waals surface area (Å²) in [5.41, 5.74) is 1.73. The second kappa shape index (κ2) is 4.35. The number of ether oxygens (including phenoxy) is 1. The van der Waals surface area contributed by atoms with Gasteiger partial charge in [0, 0.05) is 10.6 Å². The Morgan fingerprint density at radius 3 is 2.28 bits per heavy atom. The molecule has 4 heteroatoms. The van der Waals surface area contributed by atoms with Crippen molar-refractivity contribution in [3.63, 3.8) is 0 Å². The number of benzene rings is 2. The van der Waals surface area contributed by atoms with E-state index in [4.69, 9.17) is 16.3 Å². The molecule has 0 bridgehead atoms. The molecule has 3 nitrogen and oxygen atoms in total. The van der Waals surface area contributed by atoms with Crippen LogP contribution in [-0.2, 0) is 4.74 Å². The minimum absolute atomic E-state index is 0.342. The van der Waals surface area contributed by atoms with E-state index >= 15 is 0 Å². The maximum Gasteiger partial charge on any atom is 0.419 e. The Kier molecular flexibility index (Phi) is 2.68. The normalized spacial score (nSPS) is 18.2. The molecule has 0 radical (unpaired) electrons. The number of carbonyl (C=O) groups is 1. The fourth-order valence-corrected chi connectivity index (χ4v) is 2.05. The second-order valence-electron chi connectivity index (χ2n) is 3.99. The Labute approximate surface area is 110 Å². The highest BCUT2D eigenvalue weighted by atomic mass is 35.5. The predicted octanol–water partition coefficient (Wildman–Crippen LogP) is 4.00. The molecule has 1 amide bonds. The summed E-state index contributed by atoms with van der Waals surface area (Å²) in [5.74, 6) is 0. The SMILES string of the molecule is O=C1OC(c2ccccc2)N1c1ccc(Cl)cc1. The molecule has 2 aromatic carbocycles. The molecule has 0 spiro atoms. The number of cyclic esters (lactones) is 1. The number of anilines is 1. The van der Waals surface area contributed by atoms with Crippen LogP contribution >= 0.6 is 11.6 Å². The van der Waals surface area contributed by atoms with Crippen LogP contribution in [0.4, 0.5) is 10.5 Å². The molecule has 1 aliphatic heterocycles. The van der Waals surface area contributed by atoms with Crippen molar-refractivity contribution in [2.45, 2.75) is 6.23 Å². The van der Waals surface area contributed by atoms with E-state index < -0.39 is 0 Å². The monoisotopic (exact) mass is 259 g/mol. The summed E-state index contributed by atoms with van der Waals surface area (Å²) in [7, 11) is 0. The average Bonchev–Trinajstić information content (AvgIpc) is 2.39. The fraction of sp³-hybridized carbons (Fsp3) is 0.0714. The first-order valence-corrected chi connectivity index (χ1v) is 5.94. The molecule has 0 aliphatic carbocycles. The van der Waals surface area contributed by atoms with Crippen LogP contribution in [0.25, 0.3) is 0 Å². The van der Waals surface area contributed by atoms with Crippen molar-refractivity contribution in [1.29, 1.82) is 0 Å². The predicted molar refractivity (Wildman–Crippen MR) is 69.6 cm³/mol. The molecule has 1 heterocycles. The van der Waals surface area contributed by atoms with Crippen LogP contribution in [0.15, 0.2) is 54.6 Å². The summed E-state index contributed by atoms with van der Waals surface area (Å²) in [5, 5.41) is 0.643. The van der Waals surface area contributed by atoms with Gasteiger partial charge in [-0.15, -0.1) is 0 Å². The first kappa shape index (κ1) is 11.1. The third-order valence-electron chi connectivity index (χ3n) is 2.83. The standard InChI is InChI=1S/C14H10ClNO2/c15-11-6-8-12(9-7-11)16-13(18-14(16)17)10-4-2-1-3-5-10/h1-9,13H. The Morgan fingerprint density at radius 1 is 1.00 bits per heavy atom. The third-order valence-corrected chi connectivity index (χ3v) is 3.09. The van der Waals surface area contributed by atoms with Crippen molar-refractivity contribution < 1.29 is 9.53 Å². The number of nitrogens with zero attached hydrogens (tertiary/aromatic N) is 1. The maximum atomic E-state index is 11.6. The number of halogens is 1. The van der Waals surface area contributed by atoms with E-state index in [1.165, 1.54) is 0 Å². The summed E-state index contributed by atoms with van der Waals surface area (Å²) in [6.07, 6.45) is -0.689. The topological polar surface area (TPSA) is 29.5 Å². The van der Waals surface area contributed by atoms with Gasteiger partial charge in [-0.1, -0.05) is 41.9 Å². The number of hydrogen-bond donors (Lipinski definition) is 0. The van der Waals surface area contributed by atoms with Gasteiger partial charge in [-0.2, -0.15) is 0 Å². The van der Waals surface area contributed by atoms with Gasteiger partial charge in [-0.3, -0.25) is 0 Å². The molecular weight excluding hydrogens is 250 g/mol. The lowest BCUT2D eigenvalue weighted by molar-refractivity contribution is 0.0430. The van der Waals surface area contributed by atoms with E-state index in [9.17, 15) is 4.79 Å². The summed E-state index contributed by atoms with van der Waals surface area (Å²) in [6, 6.07) is 16.7. The van der Waals surface area contributed by atoms with Crippen LogP contribution in [0.2, 0.25) is 5.02 Å². The number of hydrogen-bond acceptors (Lipinski definition) is 2. The molecule has 3 rings (SSSR count). The van der Waals surface area contributed by atoms with Crippen LogP contribution in [0.5, 0.6) is 0 Å². The van der Waals surface area contributed by atoms with Crippen molar-refractivity contribution in [1.82, 2.24) is 0 Å². The van der Waals surface area contributed by atoms with Gasteiger partial charge in [0.2, 0.25) is 6.23 Å². The first-order valence-electron chi connectivity index (χ1n) is 5.56. The third kappa shape index (κ3) is 1.83. The quantitative estimate of drug-likeness (QED) is 0.816. The number of carbonyl (C=O) groups excluding carboxylic acids is 1. The minimum Gasteiger partial charge on any atom is -0.420 e. The molecule has 1 unspecified atom stereocenters. The summed E-state index contributed by atoms with van der Waals surface area (Å²) >= 11 is 5.83. The second-order valence-corrected chi connectivity index (χ2v) is 4.43. The van der Waals surface area contributed by atoms with Gasteiger partial charge in [-0.05, 0) is 24.3 Å². The van der Waals surface area contributed by atoms with Crippen LogP contribution in [0.1, 0.15) is 11.8 Å². The van der Waals surface area contributed by atoms with Crippen LogP contribution in [0, 0.1) is 0 Å². The van der Waals surface area contributed by atoms with Gasteiger partial charge in [0.05, 0.1) is 5.69 Å². The highest BCUT2D eigenvalue weighted by molar-refractivity contribution is 6.30. The van der Waals surface area contributed by atoms with Gasteiger partial charge < -0.3 is 4.74 Å². The zero-order valence-corrected chi connectivity index (χ0v) is 10.2. The highest BCUT2D eigenvalue weighted by Gasteiger charge is 2.40.